The molecule has 1 amide bonds. The Kier molecular flexibility index (Phi) is 5.16. The van der Waals surface area contributed by atoms with Crippen molar-refractivity contribution in [2.45, 2.75) is 31.6 Å². The van der Waals surface area contributed by atoms with Crippen molar-refractivity contribution in [3.8, 4) is 0 Å². The summed E-state index contributed by atoms with van der Waals surface area (Å²) >= 11 is 0. The van der Waals surface area contributed by atoms with Crippen LogP contribution in [0.25, 0.3) is 0 Å². The number of methoxy groups -OCH3 is 1. The summed E-state index contributed by atoms with van der Waals surface area (Å²) in [6.07, 6.45) is -0.431. The summed E-state index contributed by atoms with van der Waals surface area (Å²) in [5, 5.41) is 9.68. The fraction of sp³-hybridized carbons (Fsp3) is 0.467. The van der Waals surface area contributed by atoms with E-state index in [4.69, 9.17) is 9.47 Å². The number of hydrogen-bond acceptors (Lipinski definition) is 5. The van der Waals surface area contributed by atoms with E-state index < -0.39 is 24.2 Å². The third-order valence-electron chi connectivity index (χ3n) is 3.47. The van der Waals surface area contributed by atoms with E-state index in [9.17, 15) is 14.7 Å². The Hall–Kier alpha value is -2.08. The maximum atomic E-state index is 12.1. The smallest absolute Gasteiger partial charge is 0.410 e. The number of esters is 1. The van der Waals surface area contributed by atoms with E-state index in [-0.39, 0.29) is 13.2 Å². The molecule has 0 saturated carbocycles. The van der Waals surface area contributed by atoms with Crippen molar-refractivity contribution in [2.24, 2.45) is 0 Å². The van der Waals surface area contributed by atoms with Crippen molar-refractivity contribution in [1.82, 2.24) is 4.90 Å². The fourth-order valence-corrected chi connectivity index (χ4v) is 2.34. The van der Waals surface area contributed by atoms with Gasteiger partial charge in [0.15, 0.2) is 0 Å². The molecule has 114 valence electrons. The van der Waals surface area contributed by atoms with Crippen molar-refractivity contribution >= 4 is 12.1 Å². The summed E-state index contributed by atoms with van der Waals surface area (Å²) in [4.78, 5) is 25.1. The molecule has 0 radical (unpaired) electrons. The second-order valence-electron chi connectivity index (χ2n) is 4.96. The van der Waals surface area contributed by atoms with Crippen LogP contribution in [-0.4, -0.2) is 47.9 Å². The lowest BCUT2D eigenvalue weighted by Crippen LogP contribution is -2.52. The van der Waals surface area contributed by atoms with Crippen LogP contribution in [-0.2, 0) is 20.9 Å². The number of hydrogen-bond donors (Lipinski definition) is 1. The van der Waals surface area contributed by atoms with Gasteiger partial charge in [0.2, 0.25) is 0 Å². The van der Waals surface area contributed by atoms with Gasteiger partial charge in [0, 0.05) is 0 Å². The van der Waals surface area contributed by atoms with Crippen LogP contribution in [0.5, 0.6) is 0 Å². The number of nitrogens with zero attached hydrogens (tertiary/aromatic N) is 1. The summed E-state index contributed by atoms with van der Waals surface area (Å²) in [5.41, 5.74) is 0.859. The summed E-state index contributed by atoms with van der Waals surface area (Å²) in [5.74, 6) is -0.487. The van der Waals surface area contributed by atoms with Gasteiger partial charge in [-0.1, -0.05) is 30.3 Å². The molecule has 21 heavy (non-hydrogen) atoms. The zero-order chi connectivity index (χ0) is 15.2. The molecule has 1 fully saturated rings. The maximum absolute atomic E-state index is 12.1. The topological polar surface area (TPSA) is 76.1 Å². The first kappa shape index (κ1) is 15.3. The zero-order valence-corrected chi connectivity index (χ0v) is 11.9. The van der Waals surface area contributed by atoms with Gasteiger partial charge in [-0.3, -0.25) is 4.90 Å². The van der Waals surface area contributed by atoms with Gasteiger partial charge in [0.05, 0.1) is 19.8 Å². The highest BCUT2D eigenvalue weighted by molar-refractivity contribution is 5.81. The molecular formula is C15H19NO5. The van der Waals surface area contributed by atoms with Crippen LogP contribution in [0.3, 0.4) is 0 Å². The Morgan fingerprint density at radius 2 is 2.00 bits per heavy atom. The Morgan fingerprint density at radius 3 is 2.67 bits per heavy atom. The van der Waals surface area contributed by atoms with Gasteiger partial charge in [0.1, 0.15) is 12.6 Å². The van der Waals surface area contributed by atoms with Crippen LogP contribution in [0.2, 0.25) is 0 Å². The standard InChI is InChI=1S/C15H19NO5/c1-20-14(18)13-8-7-12(17)9-16(13)15(19)21-10-11-5-3-2-4-6-11/h2-6,12-13,17H,7-10H2,1H3/t12-,13-/m0/s1. The molecule has 0 aliphatic carbocycles. The Labute approximate surface area is 123 Å². The van der Waals surface area contributed by atoms with E-state index in [0.717, 1.165) is 5.56 Å². The number of carbonyl (C=O) groups excluding carboxylic acids is 2. The second kappa shape index (κ2) is 7.08. The molecule has 1 saturated heterocycles. The zero-order valence-electron chi connectivity index (χ0n) is 11.9. The number of benzene rings is 1. The molecular weight excluding hydrogens is 274 g/mol. The van der Waals surface area contributed by atoms with Crippen LogP contribution in [0, 0.1) is 0 Å². The van der Waals surface area contributed by atoms with E-state index in [1.54, 1.807) is 0 Å². The van der Waals surface area contributed by atoms with Crippen molar-refractivity contribution < 1.29 is 24.2 Å². The molecule has 2 rings (SSSR count). The number of β-amino-alcohol motifs (C(OH)–C–C–N with tert-alkyl or cyclic N) is 1. The van der Waals surface area contributed by atoms with Gasteiger partial charge in [0.25, 0.3) is 0 Å². The van der Waals surface area contributed by atoms with Gasteiger partial charge in [-0.25, -0.2) is 9.59 Å². The number of ether oxygens (including phenoxy) is 2. The maximum Gasteiger partial charge on any atom is 0.410 e. The van der Waals surface area contributed by atoms with Crippen LogP contribution in [0.1, 0.15) is 18.4 Å². The number of amides is 1. The molecule has 2 atom stereocenters. The molecule has 1 aromatic rings. The molecule has 1 aromatic carbocycles. The molecule has 1 aliphatic rings. The normalized spacial score (nSPS) is 21.7. The van der Waals surface area contributed by atoms with E-state index in [2.05, 4.69) is 0 Å². The Balaban J connectivity index is 1.98. The Morgan fingerprint density at radius 1 is 1.29 bits per heavy atom. The van der Waals surface area contributed by atoms with E-state index in [1.807, 2.05) is 30.3 Å². The molecule has 1 aliphatic heterocycles. The van der Waals surface area contributed by atoms with Crippen molar-refractivity contribution in [2.75, 3.05) is 13.7 Å². The SMILES string of the molecule is COC(=O)[C@@H]1CC[C@H](O)CN1C(=O)OCc1ccccc1. The highest BCUT2D eigenvalue weighted by Crippen LogP contribution is 2.20. The van der Waals surface area contributed by atoms with E-state index in [0.29, 0.717) is 12.8 Å². The average molecular weight is 293 g/mol. The Bertz CT molecular complexity index is 490. The molecule has 0 unspecified atom stereocenters. The summed E-state index contributed by atoms with van der Waals surface area (Å²) in [6, 6.07) is 8.57. The van der Waals surface area contributed by atoms with Crippen LogP contribution >= 0.6 is 0 Å². The first-order valence-corrected chi connectivity index (χ1v) is 6.85. The van der Waals surface area contributed by atoms with Crippen LogP contribution < -0.4 is 0 Å². The van der Waals surface area contributed by atoms with E-state index in [1.165, 1.54) is 12.0 Å². The van der Waals surface area contributed by atoms with Gasteiger partial charge in [-0.05, 0) is 18.4 Å². The van der Waals surface area contributed by atoms with Crippen LogP contribution in [0.4, 0.5) is 4.79 Å². The predicted molar refractivity (Wildman–Crippen MR) is 74.4 cm³/mol. The lowest BCUT2D eigenvalue weighted by Gasteiger charge is -2.35. The molecule has 0 bridgehead atoms. The van der Waals surface area contributed by atoms with E-state index >= 15 is 0 Å². The summed E-state index contributed by atoms with van der Waals surface area (Å²) < 4.78 is 9.91. The van der Waals surface area contributed by atoms with Gasteiger partial charge in [-0.15, -0.1) is 0 Å². The van der Waals surface area contributed by atoms with Gasteiger partial charge >= 0.3 is 12.1 Å². The number of aliphatic hydroxyl groups is 1. The summed E-state index contributed by atoms with van der Waals surface area (Å²) in [7, 11) is 1.28. The second-order valence-corrected chi connectivity index (χ2v) is 4.96. The van der Waals surface area contributed by atoms with Gasteiger partial charge < -0.3 is 14.6 Å². The number of carbonyl (C=O) groups is 2. The average Bonchev–Trinajstić information content (AvgIpc) is 2.52. The van der Waals surface area contributed by atoms with Crippen molar-refractivity contribution in [3.05, 3.63) is 35.9 Å². The molecule has 1 N–H and O–H groups in total. The predicted octanol–water partition coefficient (Wildman–Crippen LogP) is 1.32. The third-order valence-corrected chi connectivity index (χ3v) is 3.47. The number of likely N-dealkylation sites (tertiary alicyclic amines) is 1. The van der Waals surface area contributed by atoms with Crippen LogP contribution in [0.15, 0.2) is 30.3 Å². The monoisotopic (exact) mass is 293 g/mol. The fourth-order valence-electron chi connectivity index (χ4n) is 2.34. The number of rotatable bonds is 3. The van der Waals surface area contributed by atoms with Gasteiger partial charge in [-0.2, -0.15) is 0 Å². The molecule has 6 nitrogen and oxygen atoms in total. The lowest BCUT2D eigenvalue weighted by atomic mass is 10.0. The quantitative estimate of drug-likeness (QED) is 0.851. The van der Waals surface area contributed by atoms with Crippen molar-refractivity contribution in [1.29, 1.82) is 0 Å². The number of piperidine rings is 1. The number of aliphatic hydroxyl groups excluding tert-OH is 1. The molecule has 0 spiro atoms. The summed E-state index contributed by atoms with van der Waals surface area (Å²) in [6.45, 7) is 0.202. The largest absolute Gasteiger partial charge is 0.467 e. The van der Waals surface area contributed by atoms with Crippen molar-refractivity contribution in [3.63, 3.8) is 0 Å². The minimum atomic E-state index is -0.693. The molecule has 0 aromatic heterocycles. The highest BCUT2D eigenvalue weighted by atomic mass is 16.6. The molecule has 1 heterocycles. The highest BCUT2D eigenvalue weighted by Gasteiger charge is 2.37. The minimum absolute atomic E-state index is 0.0768. The molecule has 6 heteroatoms. The lowest BCUT2D eigenvalue weighted by molar-refractivity contribution is -0.148. The first-order valence-electron chi connectivity index (χ1n) is 6.85. The first-order chi connectivity index (χ1) is 10.1. The third kappa shape index (κ3) is 3.95. The minimum Gasteiger partial charge on any atom is -0.467 e.